The molecule has 6 aromatic carbocycles. The summed E-state index contributed by atoms with van der Waals surface area (Å²) in [6.07, 6.45) is 4.07. The van der Waals surface area contributed by atoms with Crippen molar-refractivity contribution >= 4 is 33.4 Å². The van der Waals surface area contributed by atoms with Gasteiger partial charge in [0, 0.05) is 32.8 Å². The maximum Gasteiger partial charge on any atom is 0.0786 e. The van der Waals surface area contributed by atoms with Crippen molar-refractivity contribution in [1.29, 1.82) is 0 Å². The number of aromatic nitrogens is 1. The smallest absolute Gasteiger partial charge is 0.0786 e. The van der Waals surface area contributed by atoms with E-state index in [-0.39, 0.29) is 5.41 Å². The van der Waals surface area contributed by atoms with Crippen LogP contribution >= 0.6 is 11.8 Å². The molecular formula is C41H31NS. The molecule has 0 spiro atoms. The molecule has 7 aromatic rings. The maximum absolute atomic E-state index is 4.81. The van der Waals surface area contributed by atoms with Crippen LogP contribution in [0.3, 0.4) is 0 Å². The Kier molecular flexibility index (Phi) is 6.03. The zero-order chi connectivity index (χ0) is 29.1. The number of hydrogen-bond acceptors (Lipinski definition) is 2. The lowest BCUT2D eigenvalue weighted by Gasteiger charge is -2.23. The summed E-state index contributed by atoms with van der Waals surface area (Å²) in [6.45, 7) is 4.75. The molecule has 0 fully saturated rings. The lowest BCUT2D eigenvalue weighted by molar-refractivity contribution is 0.661. The van der Waals surface area contributed by atoms with Crippen LogP contribution < -0.4 is 0 Å². The summed E-state index contributed by atoms with van der Waals surface area (Å²) in [5.41, 5.74) is 13.9. The first-order valence-corrected chi connectivity index (χ1v) is 16.1. The Morgan fingerprint density at radius 1 is 0.535 bits per heavy atom. The second-order valence-electron chi connectivity index (χ2n) is 11.9. The highest BCUT2D eigenvalue weighted by molar-refractivity contribution is 7.98. The molecule has 1 aliphatic carbocycles. The molecule has 43 heavy (non-hydrogen) atoms. The minimum atomic E-state index is -0.133. The largest absolute Gasteiger partial charge is 0.256 e. The highest BCUT2D eigenvalue weighted by Crippen LogP contribution is 2.52. The summed E-state index contributed by atoms with van der Waals surface area (Å²) >= 11 is 1.81. The summed E-state index contributed by atoms with van der Waals surface area (Å²) in [5, 5.41) is 3.61. The topological polar surface area (TPSA) is 12.9 Å². The van der Waals surface area contributed by atoms with Gasteiger partial charge in [-0.2, -0.15) is 0 Å². The Labute approximate surface area is 257 Å². The van der Waals surface area contributed by atoms with Crippen LogP contribution in [0, 0.1) is 0 Å². The van der Waals surface area contributed by atoms with Crippen LogP contribution in [-0.4, -0.2) is 11.2 Å². The van der Waals surface area contributed by atoms with Gasteiger partial charge >= 0.3 is 0 Å². The number of nitrogens with zero attached hydrogens (tertiary/aromatic N) is 1. The average molecular weight is 570 g/mol. The van der Waals surface area contributed by atoms with Gasteiger partial charge in [-0.25, -0.2) is 0 Å². The SMILES string of the molecule is CSc1cccc(-c2ccc3c(c2)C(C)(C)c2cc(-c4cccc5ccc6cccnc6c45)ccc2-3)c1-c1ccccc1. The molecule has 0 atom stereocenters. The molecule has 1 nitrogen and oxygen atoms in total. The minimum absolute atomic E-state index is 0.133. The van der Waals surface area contributed by atoms with Gasteiger partial charge in [0.05, 0.1) is 5.52 Å². The monoisotopic (exact) mass is 569 g/mol. The quantitative estimate of drug-likeness (QED) is 0.154. The molecule has 0 radical (unpaired) electrons. The summed E-state index contributed by atoms with van der Waals surface area (Å²) in [7, 11) is 0. The number of hydrogen-bond donors (Lipinski definition) is 0. The van der Waals surface area contributed by atoms with E-state index in [1.54, 1.807) is 0 Å². The van der Waals surface area contributed by atoms with Crippen molar-refractivity contribution in [2.75, 3.05) is 6.26 Å². The van der Waals surface area contributed by atoms with E-state index in [2.05, 4.69) is 141 Å². The highest BCUT2D eigenvalue weighted by atomic mass is 32.2. The van der Waals surface area contributed by atoms with Crippen LogP contribution in [0.1, 0.15) is 25.0 Å². The van der Waals surface area contributed by atoms with Crippen LogP contribution in [0.5, 0.6) is 0 Å². The van der Waals surface area contributed by atoms with Gasteiger partial charge in [-0.05, 0) is 86.0 Å². The summed E-state index contributed by atoms with van der Waals surface area (Å²) in [6, 6.07) is 46.8. The average Bonchev–Trinajstić information content (AvgIpc) is 3.29. The van der Waals surface area contributed by atoms with Gasteiger partial charge < -0.3 is 0 Å². The first kappa shape index (κ1) is 26.0. The Morgan fingerprint density at radius 3 is 1.93 bits per heavy atom. The van der Waals surface area contributed by atoms with Crippen LogP contribution in [0.25, 0.3) is 66.2 Å². The van der Waals surface area contributed by atoms with E-state index in [4.69, 9.17) is 4.98 Å². The molecule has 0 saturated carbocycles. The third kappa shape index (κ3) is 4.05. The third-order valence-corrected chi connectivity index (χ3v) is 10.0. The van der Waals surface area contributed by atoms with Gasteiger partial charge in [-0.15, -0.1) is 11.8 Å². The van der Waals surface area contributed by atoms with Gasteiger partial charge in [0.25, 0.3) is 0 Å². The Bertz CT molecular complexity index is 2190. The van der Waals surface area contributed by atoms with E-state index < -0.39 is 0 Å². The van der Waals surface area contributed by atoms with E-state index >= 15 is 0 Å². The fraction of sp³-hybridized carbons (Fsp3) is 0.0976. The summed E-state index contributed by atoms with van der Waals surface area (Å²) in [4.78, 5) is 6.11. The molecule has 1 aliphatic rings. The number of pyridine rings is 1. The van der Waals surface area contributed by atoms with Crippen LogP contribution in [-0.2, 0) is 5.41 Å². The molecule has 0 aliphatic heterocycles. The van der Waals surface area contributed by atoms with Gasteiger partial charge in [0.1, 0.15) is 0 Å². The standard InChI is InChI=1S/C41H31NS/c1-41(2)35-24-29(31-15-8-16-37(43-3)38(31)26-10-5-4-6-11-26)19-21-33(35)34-22-20-30(25-36(34)41)32-14-7-12-27-17-18-28-13-9-23-42-40(28)39(27)32/h4-25H,1-3H3. The predicted molar refractivity (Wildman–Crippen MR) is 185 cm³/mol. The lowest BCUT2D eigenvalue weighted by atomic mass is 9.80. The van der Waals surface area contributed by atoms with Crippen LogP contribution in [0.4, 0.5) is 0 Å². The molecular weight excluding hydrogens is 539 g/mol. The zero-order valence-electron chi connectivity index (χ0n) is 24.6. The van der Waals surface area contributed by atoms with Gasteiger partial charge in [-0.3, -0.25) is 4.98 Å². The van der Waals surface area contributed by atoms with E-state index in [0.717, 1.165) is 5.52 Å². The normalized spacial score (nSPS) is 13.3. The van der Waals surface area contributed by atoms with Crippen molar-refractivity contribution in [3.05, 3.63) is 145 Å². The third-order valence-electron chi connectivity index (χ3n) is 9.22. The summed E-state index contributed by atoms with van der Waals surface area (Å²) < 4.78 is 0. The van der Waals surface area contributed by atoms with Crippen molar-refractivity contribution in [2.24, 2.45) is 0 Å². The Morgan fingerprint density at radius 2 is 1.19 bits per heavy atom. The van der Waals surface area contributed by atoms with E-state index in [1.165, 1.54) is 76.7 Å². The molecule has 0 amide bonds. The minimum Gasteiger partial charge on any atom is -0.256 e. The second kappa shape index (κ2) is 9.97. The lowest BCUT2D eigenvalue weighted by Crippen LogP contribution is -2.15. The van der Waals surface area contributed by atoms with E-state index in [0.29, 0.717) is 0 Å². The van der Waals surface area contributed by atoms with Crippen LogP contribution in [0.2, 0.25) is 0 Å². The molecule has 8 rings (SSSR count). The van der Waals surface area contributed by atoms with Crippen molar-refractivity contribution in [3.8, 4) is 44.5 Å². The zero-order valence-corrected chi connectivity index (χ0v) is 25.4. The first-order chi connectivity index (χ1) is 21.0. The van der Waals surface area contributed by atoms with Crippen molar-refractivity contribution in [2.45, 2.75) is 24.2 Å². The maximum atomic E-state index is 4.81. The number of fused-ring (bicyclic) bond motifs is 6. The molecule has 0 bridgehead atoms. The molecule has 1 aromatic heterocycles. The molecule has 0 saturated heterocycles. The van der Waals surface area contributed by atoms with E-state index in [1.807, 2.05) is 24.0 Å². The first-order valence-electron chi connectivity index (χ1n) is 14.8. The fourth-order valence-electron chi connectivity index (χ4n) is 7.07. The summed E-state index contributed by atoms with van der Waals surface area (Å²) in [5.74, 6) is 0. The predicted octanol–water partition coefficient (Wildman–Crippen LogP) is 11.4. The Balaban J connectivity index is 1.28. The number of rotatable bonds is 4. The van der Waals surface area contributed by atoms with Crippen LogP contribution in [0.15, 0.2) is 138 Å². The van der Waals surface area contributed by atoms with Gasteiger partial charge in [-0.1, -0.05) is 117 Å². The second-order valence-corrected chi connectivity index (χ2v) is 12.8. The molecule has 206 valence electrons. The van der Waals surface area contributed by atoms with E-state index in [9.17, 15) is 0 Å². The number of thioether (sulfide) groups is 1. The highest BCUT2D eigenvalue weighted by Gasteiger charge is 2.36. The number of benzene rings is 6. The Hall–Kier alpha value is -4.66. The molecule has 2 heteroatoms. The van der Waals surface area contributed by atoms with Gasteiger partial charge in [0.15, 0.2) is 0 Å². The molecule has 0 N–H and O–H groups in total. The van der Waals surface area contributed by atoms with Crippen molar-refractivity contribution in [3.63, 3.8) is 0 Å². The molecule has 0 unspecified atom stereocenters. The van der Waals surface area contributed by atoms with Crippen molar-refractivity contribution in [1.82, 2.24) is 4.98 Å². The molecule has 1 heterocycles. The van der Waals surface area contributed by atoms with Gasteiger partial charge in [0.2, 0.25) is 0 Å². The van der Waals surface area contributed by atoms with Crippen molar-refractivity contribution < 1.29 is 0 Å². The fourth-order valence-corrected chi connectivity index (χ4v) is 7.72.